The molecule has 3 rings (SSSR count). The lowest BCUT2D eigenvalue weighted by Crippen LogP contribution is -2.29. The Morgan fingerprint density at radius 3 is 2.38 bits per heavy atom. The minimum Gasteiger partial charge on any atom is -0.387 e. The predicted octanol–water partition coefficient (Wildman–Crippen LogP) is 3.70. The average Bonchev–Trinajstić information content (AvgIpc) is 3.32. The van der Waals surface area contributed by atoms with E-state index >= 15 is 0 Å². The molecule has 0 bridgehead atoms. The second kappa shape index (κ2) is 6.10. The van der Waals surface area contributed by atoms with E-state index in [2.05, 4.69) is 43.4 Å². The van der Waals surface area contributed by atoms with Crippen molar-refractivity contribution in [2.45, 2.75) is 52.1 Å². The van der Waals surface area contributed by atoms with Gasteiger partial charge in [0.15, 0.2) is 0 Å². The summed E-state index contributed by atoms with van der Waals surface area (Å²) >= 11 is 0. The van der Waals surface area contributed by atoms with Crippen molar-refractivity contribution in [2.75, 3.05) is 13.1 Å². The summed E-state index contributed by atoms with van der Waals surface area (Å²) in [5.74, 6) is 1.66. The number of rotatable bonds is 8. The predicted molar refractivity (Wildman–Crippen MR) is 87.2 cm³/mol. The van der Waals surface area contributed by atoms with Crippen LogP contribution in [0.25, 0.3) is 0 Å². The molecule has 0 spiro atoms. The Hall–Kier alpha value is -0.860. The van der Waals surface area contributed by atoms with E-state index in [1.807, 2.05) is 0 Å². The van der Waals surface area contributed by atoms with Crippen molar-refractivity contribution in [3.63, 3.8) is 0 Å². The molecule has 1 aromatic carbocycles. The number of hydrogen-bond acceptors (Lipinski definition) is 2. The van der Waals surface area contributed by atoms with E-state index in [9.17, 15) is 5.11 Å². The summed E-state index contributed by atoms with van der Waals surface area (Å²) < 4.78 is 0. The molecule has 0 aliphatic heterocycles. The van der Waals surface area contributed by atoms with Gasteiger partial charge in [-0.15, -0.1) is 0 Å². The van der Waals surface area contributed by atoms with Crippen LogP contribution in [0.5, 0.6) is 0 Å². The fourth-order valence-electron chi connectivity index (χ4n) is 3.51. The van der Waals surface area contributed by atoms with Crippen LogP contribution in [0.3, 0.4) is 0 Å². The highest BCUT2D eigenvalue weighted by atomic mass is 16.3. The molecule has 0 heterocycles. The van der Waals surface area contributed by atoms with E-state index in [4.69, 9.17) is 0 Å². The van der Waals surface area contributed by atoms with Gasteiger partial charge in [-0.2, -0.15) is 0 Å². The second-order valence-corrected chi connectivity index (χ2v) is 7.62. The van der Waals surface area contributed by atoms with Crippen molar-refractivity contribution in [3.05, 3.63) is 35.4 Å². The van der Waals surface area contributed by atoms with Crippen molar-refractivity contribution in [1.82, 2.24) is 5.32 Å². The topological polar surface area (TPSA) is 32.3 Å². The molecule has 2 N–H and O–H groups in total. The third-order valence-corrected chi connectivity index (χ3v) is 5.16. The van der Waals surface area contributed by atoms with Crippen molar-refractivity contribution < 1.29 is 5.11 Å². The van der Waals surface area contributed by atoms with Gasteiger partial charge in [-0.25, -0.2) is 0 Å². The van der Waals surface area contributed by atoms with Crippen LogP contribution in [0.1, 0.15) is 56.8 Å². The van der Waals surface area contributed by atoms with Crippen molar-refractivity contribution >= 4 is 0 Å². The van der Waals surface area contributed by atoms with Crippen molar-refractivity contribution in [2.24, 2.45) is 17.3 Å². The lowest BCUT2D eigenvalue weighted by atomic mass is 9.99. The van der Waals surface area contributed by atoms with Gasteiger partial charge >= 0.3 is 0 Å². The van der Waals surface area contributed by atoms with E-state index in [-0.39, 0.29) is 6.10 Å². The van der Waals surface area contributed by atoms with E-state index in [0.717, 1.165) is 24.4 Å². The Balaban J connectivity index is 1.45. The van der Waals surface area contributed by atoms with Crippen molar-refractivity contribution in [3.8, 4) is 0 Å². The van der Waals surface area contributed by atoms with E-state index < -0.39 is 0 Å². The summed E-state index contributed by atoms with van der Waals surface area (Å²) in [6.45, 7) is 6.25. The molecule has 2 heteroatoms. The van der Waals surface area contributed by atoms with Crippen LogP contribution in [0.4, 0.5) is 0 Å². The number of aliphatic hydroxyl groups excluding tert-OH is 1. The maximum absolute atomic E-state index is 10.3. The lowest BCUT2D eigenvalue weighted by molar-refractivity contribution is 0.171. The van der Waals surface area contributed by atoms with Gasteiger partial charge in [-0.1, -0.05) is 38.1 Å². The molecular weight excluding hydrogens is 258 g/mol. The van der Waals surface area contributed by atoms with Gasteiger partial charge in [0.1, 0.15) is 0 Å². The van der Waals surface area contributed by atoms with E-state index in [1.54, 1.807) is 0 Å². The Morgan fingerprint density at radius 2 is 1.86 bits per heavy atom. The number of nitrogens with one attached hydrogen (secondary N) is 1. The number of aliphatic hydroxyl groups is 1. The van der Waals surface area contributed by atoms with Gasteiger partial charge < -0.3 is 10.4 Å². The molecule has 1 aromatic rings. The first kappa shape index (κ1) is 15.1. The van der Waals surface area contributed by atoms with Gasteiger partial charge in [-0.3, -0.25) is 0 Å². The Kier molecular flexibility index (Phi) is 4.37. The molecule has 1 unspecified atom stereocenters. The third kappa shape index (κ3) is 3.87. The molecule has 2 aliphatic rings. The van der Waals surface area contributed by atoms with Gasteiger partial charge in [0.25, 0.3) is 0 Å². The smallest absolute Gasteiger partial charge is 0.0914 e. The van der Waals surface area contributed by atoms with E-state index in [0.29, 0.717) is 17.9 Å². The first-order valence-corrected chi connectivity index (χ1v) is 8.57. The average molecular weight is 287 g/mol. The minimum atomic E-state index is -0.381. The molecule has 116 valence electrons. The summed E-state index contributed by atoms with van der Waals surface area (Å²) in [6, 6.07) is 8.48. The van der Waals surface area contributed by atoms with Gasteiger partial charge in [0, 0.05) is 13.1 Å². The molecule has 2 nitrogen and oxygen atoms in total. The monoisotopic (exact) mass is 287 g/mol. The highest BCUT2D eigenvalue weighted by Crippen LogP contribution is 2.60. The quantitative estimate of drug-likeness (QED) is 0.764. The SMILES string of the molecule is CC(C)Cc1ccc(C(O)CNCC2(C3CC3)CC2)cc1. The summed E-state index contributed by atoms with van der Waals surface area (Å²) in [5.41, 5.74) is 3.01. The molecular formula is C19H29NO. The van der Waals surface area contributed by atoms with Crippen LogP contribution >= 0.6 is 0 Å². The molecule has 1 atom stereocenters. The molecule has 2 fully saturated rings. The summed E-state index contributed by atoms with van der Waals surface area (Å²) in [5, 5.41) is 13.8. The Morgan fingerprint density at radius 1 is 1.19 bits per heavy atom. The van der Waals surface area contributed by atoms with Gasteiger partial charge in [0.2, 0.25) is 0 Å². The minimum absolute atomic E-state index is 0.381. The molecule has 0 amide bonds. The zero-order chi connectivity index (χ0) is 14.9. The van der Waals surface area contributed by atoms with Crippen LogP contribution in [0.15, 0.2) is 24.3 Å². The normalized spacial score (nSPS) is 21.5. The summed E-state index contributed by atoms with van der Waals surface area (Å²) in [4.78, 5) is 0. The fraction of sp³-hybridized carbons (Fsp3) is 0.684. The van der Waals surface area contributed by atoms with Crippen LogP contribution < -0.4 is 5.32 Å². The summed E-state index contributed by atoms with van der Waals surface area (Å²) in [7, 11) is 0. The van der Waals surface area contributed by atoms with E-state index in [1.165, 1.54) is 31.2 Å². The zero-order valence-corrected chi connectivity index (χ0v) is 13.4. The van der Waals surface area contributed by atoms with Gasteiger partial charge in [-0.05, 0) is 60.5 Å². The van der Waals surface area contributed by atoms with Crippen LogP contribution in [-0.2, 0) is 6.42 Å². The Labute approximate surface area is 129 Å². The number of hydrogen-bond donors (Lipinski definition) is 2. The second-order valence-electron chi connectivity index (χ2n) is 7.62. The number of benzene rings is 1. The lowest BCUT2D eigenvalue weighted by Gasteiger charge is -2.18. The fourth-order valence-corrected chi connectivity index (χ4v) is 3.51. The highest BCUT2D eigenvalue weighted by molar-refractivity contribution is 5.24. The van der Waals surface area contributed by atoms with Crippen LogP contribution in [-0.4, -0.2) is 18.2 Å². The molecule has 0 radical (unpaired) electrons. The largest absolute Gasteiger partial charge is 0.387 e. The van der Waals surface area contributed by atoms with Crippen LogP contribution in [0, 0.1) is 17.3 Å². The summed E-state index contributed by atoms with van der Waals surface area (Å²) in [6.07, 6.45) is 6.38. The molecule has 0 saturated heterocycles. The Bertz CT molecular complexity index is 457. The standard InChI is InChI=1S/C19H29NO/c1-14(2)11-15-3-5-16(6-4-15)18(21)12-20-13-19(9-10-19)17-7-8-17/h3-6,14,17-18,20-21H,7-13H2,1-2H3. The molecule has 2 saturated carbocycles. The van der Waals surface area contributed by atoms with Crippen LogP contribution in [0.2, 0.25) is 0 Å². The molecule has 2 aliphatic carbocycles. The van der Waals surface area contributed by atoms with Crippen molar-refractivity contribution in [1.29, 1.82) is 0 Å². The highest BCUT2D eigenvalue weighted by Gasteiger charge is 2.53. The zero-order valence-electron chi connectivity index (χ0n) is 13.4. The third-order valence-electron chi connectivity index (χ3n) is 5.16. The first-order valence-electron chi connectivity index (χ1n) is 8.57. The molecule has 21 heavy (non-hydrogen) atoms. The maximum atomic E-state index is 10.3. The first-order chi connectivity index (χ1) is 10.1. The van der Waals surface area contributed by atoms with Gasteiger partial charge in [0.05, 0.1) is 6.10 Å². The maximum Gasteiger partial charge on any atom is 0.0914 e. The molecule has 0 aromatic heterocycles.